The molecule has 0 spiro atoms. The van der Waals surface area contributed by atoms with Gasteiger partial charge in [-0.25, -0.2) is 4.39 Å². The third-order valence-electron chi connectivity index (χ3n) is 2.80. The minimum atomic E-state index is -0.521. The Morgan fingerprint density at radius 3 is 2.67 bits per heavy atom. The van der Waals surface area contributed by atoms with Crippen LogP contribution in [0, 0.1) is 5.82 Å². The molecule has 110 valence electrons. The zero-order chi connectivity index (χ0) is 15.1. The van der Waals surface area contributed by atoms with E-state index in [2.05, 4.69) is 5.32 Å². The van der Waals surface area contributed by atoms with Gasteiger partial charge in [-0.15, -0.1) is 0 Å². The van der Waals surface area contributed by atoms with Crippen LogP contribution in [-0.2, 0) is 0 Å². The van der Waals surface area contributed by atoms with Gasteiger partial charge in [0, 0.05) is 17.8 Å². The molecule has 0 heterocycles. The van der Waals surface area contributed by atoms with Crippen molar-refractivity contribution in [2.24, 2.45) is 0 Å². The predicted octanol–water partition coefficient (Wildman–Crippen LogP) is 2.61. The fourth-order valence-corrected chi connectivity index (χ4v) is 1.83. The van der Waals surface area contributed by atoms with Crippen LogP contribution in [0.3, 0.4) is 0 Å². The molecule has 0 bridgehead atoms. The lowest BCUT2D eigenvalue weighted by molar-refractivity contribution is 0.0951. The van der Waals surface area contributed by atoms with Crippen LogP contribution in [0.15, 0.2) is 48.5 Å². The van der Waals surface area contributed by atoms with Crippen molar-refractivity contribution < 1.29 is 13.9 Å². The van der Waals surface area contributed by atoms with E-state index in [4.69, 9.17) is 10.5 Å². The first-order valence-corrected chi connectivity index (χ1v) is 6.67. The molecule has 0 unspecified atom stereocenters. The molecule has 0 saturated carbocycles. The number of hydrogen-bond acceptors (Lipinski definition) is 3. The van der Waals surface area contributed by atoms with Gasteiger partial charge in [0.15, 0.2) is 0 Å². The van der Waals surface area contributed by atoms with Crippen molar-refractivity contribution in [2.75, 3.05) is 18.9 Å². The van der Waals surface area contributed by atoms with Crippen LogP contribution in [-0.4, -0.2) is 19.1 Å². The fourth-order valence-electron chi connectivity index (χ4n) is 1.83. The third kappa shape index (κ3) is 4.80. The van der Waals surface area contributed by atoms with Crippen molar-refractivity contribution >= 4 is 11.6 Å². The SMILES string of the molecule is Nc1cc(F)cc(C(=O)NCCCOc2ccccc2)c1. The van der Waals surface area contributed by atoms with Gasteiger partial charge in [0.2, 0.25) is 0 Å². The second-order valence-corrected chi connectivity index (χ2v) is 4.54. The van der Waals surface area contributed by atoms with Gasteiger partial charge in [-0.05, 0) is 36.8 Å². The van der Waals surface area contributed by atoms with Crippen LogP contribution in [0.1, 0.15) is 16.8 Å². The first kappa shape index (κ1) is 14.8. The number of nitrogens with one attached hydrogen (secondary N) is 1. The zero-order valence-electron chi connectivity index (χ0n) is 11.5. The van der Waals surface area contributed by atoms with E-state index >= 15 is 0 Å². The van der Waals surface area contributed by atoms with Crippen LogP contribution in [0.5, 0.6) is 5.75 Å². The highest BCUT2D eigenvalue weighted by molar-refractivity contribution is 5.95. The minimum absolute atomic E-state index is 0.219. The van der Waals surface area contributed by atoms with E-state index in [1.54, 1.807) is 0 Å². The summed E-state index contributed by atoms with van der Waals surface area (Å²) in [6, 6.07) is 13.2. The van der Waals surface area contributed by atoms with E-state index in [1.807, 2.05) is 30.3 Å². The molecule has 1 amide bonds. The molecule has 2 rings (SSSR count). The molecule has 0 radical (unpaired) electrons. The average Bonchev–Trinajstić information content (AvgIpc) is 2.47. The summed E-state index contributed by atoms with van der Waals surface area (Å²) in [5.74, 6) is -0.0739. The molecule has 5 heteroatoms. The van der Waals surface area contributed by atoms with Crippen LogP contribution in [0.4, 0.5) is 10.1 Å². The van der Waals surface area contributed by atoms with Gasteiger partial charge in [0.25, 0.3) is 5.91 Å². The number of carbonyl (C=O) groups excluding carboxylic acids is 1. The van der Waals surface area contributed by atoms with Gasteiger partial charge in [-0.1, -0.05) is 18.2 Å². The summed E-state index contributed by atoms with van der Waals surface area (Å²) in [6.45, 7) is 0.942. The second kappa shape index (κ2) is 7.28. The Balaban J connectivity index is 1.72. The molecule has 0 aliphatic rings. The number of rotatable bonds is 6. The van der Waals surface area contributed by atoms with Crippen LogP contribution in [0.25, 0.3) is 0 Å². The van der Waals surface area contributed by atoms with Gasteiger partial charge in [0.05, 0.1) is 6.61 Å². The van der Waals surface area contributed by atoms with Crippen LogP contribution >= 0.6 is 0 Å². The summed E-state index contributed by atoms with van der Waals surface area (Å²) in [5.41, 5.74) is 5.95. The van der Waals surface area contributed by atoms with E-state index in [9.17, 15) is 9.18 Å². The molecule has 0 aromatic heterocycles. The highest BCUT2D eigenvalue weighted by Crippen LogP contribution is 2.11. The Morgan fingerprint density at radius 1 is 1.19 bits per heavy atom. The van der Waals surface area contributed by atoms with Gasteiger partial charge in [-0.3, -0.25) is 4.79 Å². The summed E-state index contributed by atoms with van der Waals surface area (Å²) in [6.07, 6.45) is 0.658. The molecule has 0 aliphatic carbocycles. The average molecular weight is 288 g/mol. The Hall–Kier alpha value is -2.56. The second-order valence-electron chi connectivity index (χ2n) is 4.54. The van der Waals surface area contributed by atoms with Crippen molar-refractivity contribution in [2.45, 2.75) is 6.42 Å². The highest BCUT2D eigenvalue weighted by Gasteiger charge is 2.07. The Kier molecular flexibility index (Phi) is 5.15. The monoisotopic (exact) mass is 288 g/mol. The van der Waals surface area contributed by atoms with Gasteiger partial charge < -0.3 is 15.8 Å². The number of nitrogen functional groups attached to an aromatic ring is 1. The Bertz CT molecular complexity index is 582. The molecule has 0 saturated heterocycles. The Morgan fingerprint density at radius 2 is 1.95 bits per heavy atom. The van der Waals surface area contributed by atoms with Crippen LogP contribution in [0.2, 0.25) is 0 Å². The number of hydrogen-bond donors (Lipinski definition) is 2. The molecule has 21 heavy (non-hydrogen) atoms. The highest BCUT2D eigenvalue weighted by atomic mass is 19.1. The molecule has 2 aromatic carbocycles. The first-order chi connectivity index (χ1) is 10.1. The normalized spacial score (nSPS) is 10.1. The molecule has 0 fully saturated rings. The minimum Gasteiger partial charge on any atom is -0.494 e. The van der Waals surface area contributed by atoms with Gasteiger partial charge in [0.1, 0.15) is 11.6 Å². The van der Waals surface area contributed by atoms with Crippen molar-refractivity contribution in [3.8, 4) is 5.75 Å². The first-order valence-electron chi connectivity index (χ1n) is 6.67. The molecular weight excluding hydrogens is 271 g/mol. The Labute approximate surface area is 122 Å². The number of halogens is 1. The smallest absolute Gasteiger partial charge is 0.251 e. The van der Waals surface area contributed by atoms with E-state index in [0.29, 0.717) is 19.6 Å². The number of ether oxygens (including phenoxy) is 1. The fraction of sp³-hybridized carbons (Fsp3) is 0.188. The summed E-state index contributed by atoms with van der Waals surface area (Å²) < 4.78 is 18.6. The zero-order valence-corrected chi connectivity index (χ0v) is 11.5. The van der Waals surface area contributed by atoms with E-state index in [-0.39, 0.29) is 17.2 Å². The van der Waals surface area contributed by atoms with E-state index in [0.717, 1.165) is 11.8 Å². The van der Waals surface area contributed by atoms with Crippen molar-refractivity contribution in [1.82, 2.24) is 5.32 Å². The lowest BCUT2D eigenvalue weighted by Crippen LogP contribution is -2.25. The summed E-state index contributed by atoms with van der Waals surface area (Å²) >= 11 is 0. The topological polar surface area (TPSA) is 64.4 Å². The largest absolute Gasteiger partial charge is 0.494 e. The maximum Gasteiger partial charge on any atom is 0.251 e. The number of anilines is 1. The van der Waals surface area contributed by atoms with Crippen molar-refractivity contribution in [3.63, 3.8) is 0 Å². The maximum atomic E-state index is 13.1. The number of amides is 1. The molecule has 2 aromatic rings. The quantitative estimate of drug-likeness (QED) is 0.634. The van der Waals surface area contributed by atoms with Crippen molar-refractivity contribution in [1.29, 1.82) is 0 Å². The molecular formula is C16H17FN2O2. The molecule has 4 nitrogen and oxygen atoms in total. The maximum absolute atomic E-state index is 13.1. The number of benzene rings is 2. The summed E-state index contributed by atoms with van der Waals surface area (Å²) in [4.78, 5) is 11.8. The van der Waals surface area contributed by atoms with E-state index in [1.165, 1.54) is 12.1 Å². The van der Waals surface area contributed by atoms with Gasteiger partial charge >= 0.3 is 0 Å². The third-order valence-corrected chi connectivity index (χ3v) is 2.80. The molecule has 0 aliphatic heterocycles. The van der Waals surface area contributed by atoms with Crippen molar-refractivity contribution in [3.05, 3.63) is 59.9 Å². The molecule has 3 N–H and O–H groups in total. The lowest BCUT2D eigenvalue weighted by atomic mass is 10.2. The summed E-state index contributed by atoms with van der Waals surface area (Å²) in [5, 5.41) is 2.70. The molecule has 0 atom stereocenters. The number of nitrogens with two attached hydrogens (primary N) is 1. The lowest BCUT2D eigenvalue weighted by Gasteiger charge is -2.08. The predicted molar refractivity (Wildman–Crippen MR) is 79.7 cm³/mol. The number of carbonyl (C=O) groups is 1. The van der Waals surface area contributed by atoms with Gasteiger partial charge in [-0.2, -0.15) is 0 Å². The standard InChI is InChI=1S/C16H17FN2O2/c17-13-9-12(10-14(18)11-13)16(20)19-7-4-8-21-15-5-2-1-3-6-15/h1-3,5-6,9-11H,4,7-8,18H2,(H,19,20). The number of para-hydroxylation sites is 1. The van der Waals surface area contributed by atoms with E-state index < -0.39 is 5.82 Å². The summed E-state index contributed by atoms with van der Waals surface area (Å²) in [7, 11) is 0. The van der Waals surface area contributed by atoms with Crippen LogP contribution < -0.4 is 15.8 Å².